The second kappa shape index (κ2) is 6.04. The molecule has 0 aromatic carbocycles. The van der Waals surface area contributed by atoms with Gasteiger partial charge in [0.05, 0.1) is 0 Å². The predicted molar refractivity (Wildman–Crippen MR) is 71.2 cm³/mol. The number of carbonyl (C=O) groups is 1. The molecule has 2 rings (SSSR count). The largest absolute Gasteiger partial charge is 0.403 e. The van der Waals surface area contributed by atoms with E-state index in [0.29, 0.717) is 22.7 Å². The van der Waals surface area contributed by atoms with E-state index >= 15 is 0 Å². The molecule has 1 nitrogen and oxygen atoms in total. The molecule has 0 N–H and O–H groups in total. The summed E-state index contributed by atoms with van der Waals surface area (Å²) in [7, 11) is 0. The lowest BCUT2D eigenvalue weighted by atomic mass is 9.89. The van der Waals surface area contributed by atoms with Crippen molar-refractivity contribution >= 4 is 28.5 Å². The van der Waals surface area contributed by atoms with Crippen LogP contribution in [0.3, 0.4) is 0 Å². The summed E-state index contributed by atoms with van der Waals surface area (Å²) in [5, 5.41) is 2.57. The standard InChI is InChI=1S/C13H8F6OS2/c14-12(15,16)9(7-3-1-5-21-7)11(20)10(13(17,18)19)8-4-2-6-22-8/h1-6,9-10H. The number of carbonyl (C=O) groups excluding carboxylic acids is 1. The average Bonchev–Trinajstić information content (AvgIpc) is 2.98. The smallest absolute Gasteiger partial charge is 0.298 e. The molecule has 0 fully saturated rings. The molecule has 0 spiro atoms. The first-order valence-electron chi connectivity index (χ1n) is 5.86. The number of halogens is 6. The molecule has 0 aliphatic heterocycles. The Hall–Kier alpha value is -1.35. The van der Waals surface area contributed by atoms with Gasteiger partial charge < -0.3 is 0 Å². The topological polar surface area (TPSA) is 17.1 Å². The van der Waals surface area contributed by atoms with Crippen LogP contribution in [-0.4, -0.2) is 18.1 Å². The fourth-order valence-corrected chi connectivity index (χ4v) is 3.72. The zero-order chi connectivity index (χ0) is 16.5. The molecular weight excluding hydrogens is 350 g/mol. The van der Waals surface area contributed by atoms with Crippen LogP contribution in [-0.2, 0) is 4.79 Å². The van der Waals surface area contributed by atoms with Crippen molar-refractivity contribution in [3.8, 4) is 0 Å². The fraction of sp³-hybridized carbons (Fsp3) is 0.308. The Morgan fingerprint density at radius 2 is 1.18 bits per heavy atom. The highest BCUT2D eigenvalue weighted by atomic mass is 32.1. The van der Waals surface area contributed by atoms with Crippen molar-refractivity contribution in [1.29, 1.82) is 0 Å². The molecule has 0 saturated carbocycles. The minimum absolute atomic E-state index is 0.441. The van der Waals surface area contributed by atoms with Crippen LogP contribution in [0, 0.1) is 0 Å². The first-order chi connectivity index (χ1) is 10.1. The van der Waals surface area contributed by atoms with Gasteiger partial charge in [-0.25, -0.2) is 0 Å². The van der Waals surface area contributed by atoms with Gasteiger partial charge in [0.1, 0.15) is 11.8 Å². The van der Waals surface area contributed by atoms with Gasteiger partial charge in [0, 0.05) is 9.75 Å². The lowest BCUT2D eigenvalue weighted by molar-refractivity contribution is -0.183. The zero-order valence-electron chi connectivity index (χ0n) is 10.6. The maximum absolute atomic E-state index is 13.1. The van der Waals surface area contributed by atoms with Crippen LogP contribution < -0.4 is 0 Å². The molecule has 2 aromatic heterocycles. The third-order valence-electron chi connectivity index (χ3n) is 2.88. The number of rotatable bonds is 4. The number of alkyl halides is 6. The van der Waals surface area contributed by atoms with E-state index in [-0.39, 0.29) is 0 Å². The summed E-state index contributed by atoms with van der Waals surface area (Å²) in [5.74, 6) is -7.45. The van der Waals surface area contributed by atoms with Gasteiger partial charge >= 0.3 is 12.4 Å². The Kier molecular flexibility index (Phi) is 4.67. The van der Waals surface area contributed by atoms with Crippen molar-refractivity contribution in [2.75, 3.05) is 0 Å². The zero-order valence-corrected chi connectivity index (χ0v) is 12.2. The van der Waals surface area contributed by atoms with Crippen LogP contribution in [0.25, 0.3) is 0 Å². The summed E-state index contributed by atoms with van der Waals surface area (Å²) in [6, 6.07) is 4.56. The van der Waals surface area contributed by atoms with Crippen LogP contribution >= 0.6 is 22.7 Å². The normalized spacial score (nSPS) is 15.5. The van der Waals surface area contributed by atoms with Crippen molar-refractivity contribution in [2.45, 2.75) is 24.2 Å². The van der Waals surface area contributed by atoms with Crippen LogP contribution in [0.15, 0.2) is 35.0 Å². The number of ketones is 1. The monoisotopic (exact) mass is 358 g/mol. The lowest BCUT2D eigenvalue weighted by Gasteiger charge is -2.24. The Labute approximate surface area is 129 Å². The molecule has 0 aliphatic rings. The van der Waals surface area contributed by atoms with E-state index < -0.39 is 39.7 Å². The quantitative estimate of drug-likeness (QED) is 0.672. The van der Waals surface area contributed by atoms with Crippen molar-refractivity contribution in [1.82, 2.24) is 0 Å². The van der Waals surface area contributed by atoms with Crippen LogP contribution in [0.4, 0.5) is 26.3 Å². The van der Waals surface area contributed by atoms with Crippen LogP contribution in [0.5, 0.6) is 0 Å². The molecule has 120 valence electrons. The predicted octanol–water partition coefficient (Wildman–Crippen LogP) is 5.37. The summed E-state index contributed by atoms with van der Waals surface area (Å²) >= 11 is 1.21. The molecule has 0 bridgehead atoms. The molecular formula is C13H8F6OS2. The molecule has 0 radical (unpaired) electrons. The molecule has 0 saturated heterocycles. The minimum Gasteiger partial charge on any atom is -0.298 e. The van der Waals surface area contributed by atoms with E-state index in [0.717, 1.165) is 12.1 Å². The molecule has 2 atom stereocenters. The molecule has 22 heavy (non-hydrogen) atoms. The first kappa shape index (κ1) is 17.0. The number of thiophene rings is 2. The lowest BCUT2D eigenvalue weighted by Crippen LogP contribution is -2.37. The Morgan fingerprint density at radius 3 is 1.41 bits per heavy atom. The highest BCUT2D eigenvalue weighted by molar-refractivity contribution is 7.10. The summed E-state index contributed by atoms with van der Waals surface area (Å²) < 4.78 is 78.9. The van der Waals surface area contributed by atoms with E-state index in [1.807, 2.05) is 0 Å². The first-order valence-corrected chi connectivity index (χ1v) is 7.62. The number of hydrogen-bond acceptors (Lipinski definition) is 3. The molecule has 2 unspecified atom stereocenters. The molecule has 0 aliphatic carbocycles. The summed E-state index contributed by atoms with van der Waals surface area (Å²) in [4.78, 5) is 11.2. The Morgan fingerprint density at radius 1 is 0.818 bits per heavy atom. The molecule has 2 heterocycles. The second-order valence-electron chi connectivity index (χ2n) is 4.38. The second-order valence-corrected chi connectivity index (χ2v) is 6.34. The van der Waals surface area contributed by atoms with Gasteiger partial charge in [0.15, 0.2) is 5.78 Å². The van der Waals surface area contributed by atoms with E-state index in [1.54, 1.807) is 0 Å². The van der Waals surface area contributed by atoms with Gasteiger partial charge in [0.25, 0.3) is 0 Å². The summed E-state index contributed by atoms with van der Waals surface area (Å²) in [5.41, 5.74) is 0. The molecule has 2 aromatic rings. The van der Waals surface area contributed by atoms with Gasteiger partial charge in [-0.1, -0.05) is 12.1 Å². The maximum atomic E-state index is 13.1. The van der Waals surface area contributed by atoms with E-state index in [2.05, 4.69) is 0 Å². The summed E-state index contributed by atoms with van der Waals surface area (Å²) in [6.07, 6.45) is -10.2. The van der Waals surface area contributed by atoms with Crippen molar-refractivity contribution in [3.63, 3.8) is 0 Å². The Bertz CT molecular complexity index is 558. The van der Waals surface area contributed by atoms with Gasteiger partial charge in [-0.15, -0.1) is 22.7 Å². The van der Waals surface area contributed by atoms with Gasteiger partial charge in [-0.2, -0.15) is 26.3 Å². The third-order valence-corrected chi connectivity index (χ3v) is 4.75. The highest BCUT2D eigenvalue weighted by Crippen LogP contribution is 2.46. The number of Topliss-reactive ketones (excluding diaryl/α,β-unsaturated/α-hetero) is 1. The van der Waals surface area contributed by atoms with Crippen LogP contribution in [0.1, 0.15) is 21.6 Å². The maximum Gasteiger partial charge on any atom is 0.403 e. The van der Waals surface area contributed by atoms with Crippen LogP contribution in [0.2, 0.25) is 0 Å². The van der Waals surface area contributed by atoms with E-state index in [1.165, 1.54) is 22.9 Å². The minimum atomic E-state index is -5.08. The Balaban J connectivity index is 2.48. The van der Waals surface area contributed by atoms with Gasteiger partial charge in [-0.05, 0) is 22.9 Å². The van der Waals surface area contributed by atoms with Crippen molar-refractivity contribution in [2.24, 2.45) is 0 Å². The SMILES string of the molecule is O=C(C(c1cccs1)C(F)(F)F)C(c1cccs1)C(F)(F)F. The fourth-order valence-electron chi connectivity index (χ4n) is 2.00. The highest BCUT2D eigenvalue weighted by Gasteiger charge is 2.55. The van der Waals surface area contributed by atoms with E-state index in [9.17, 15) is 31.1 Å². The molecule has 0 amide bonds. The van der Waals surface area contributed by atoms with Crippen molar-refractivity contribution < 1.29 is 31.1 Å². The summed E-state index contributed by atoms with van der Waals surface area (Å²) in [6.45, 7) is 0. The number of hydrogen-bond donors (Lipinski definition) is 0. The van der Waals surface area contributed by atoms with Gasteiger partial charge in [-0.3, -0.25) is 4.79 Å². The molecule has 9 heteroatoms. The van der Waals surface area contributed by atoms with E-state index in [4.69, 9.17) is 0 Å². The third kappa shape index (κ3) is 3.52. The van der Waals surface area contributed by atoms with Gasteiger partial charge in [0.2, 0.25) is 0 Å². The van der Waals surface area contributed by atoms with Crippen molar-refractivity contribution in [3.05, 3.63) is 44.8 Å². The average molecular weight is 358 g/mol.